The van der Waals surface area contributed by atoms with E-state index in [0.717, 1.165) is 31.6 Å². The average molecular weight is 277 g/mol. The summed E-state index contributed by atoms with van der Waals surface area (Å²) < 4.78 is 5.90. The molecule has 1 heterocycles. The van der Waals surface area contributed by atoms with Crippen LogP contribution in [0, 0.1) is 0 Å². The minimum absolute atomic E-state index is 0.00351. The molecule has 112 valence electrons. The molecule has 1 aliphatic heterocycles. The van der Waals surface area contributed by atoms with E-state index in [1.54, 1.807) is 0 Å². The zero-order valence-electron chi connectivity index (χ0n) is 13.1. The average Bonchev–Trinajstić information content (AvgIpc) is 2.69. The van der Waals surface area contributed by atoms with Gasteiger partial charge in [0.15, 0.2) is 0 Å². The highest BCUT2D eigenvalue weighted by molar-refractivity contribution is 5.41. The van der Waals surface area contributed by atoms with Crippen molar-refractivity contribution in [1.29, 1.82) is 0 Å². The Kier molecular flexibility index (Phi) is 4.40. The third-order valence-electron chi connectivity index (χ3n) is 4.29. The smallest absolute Gasteiger partial charge is 0.123 e. The Morgan fingerprint density at radius 2 is 2.15 bits per heavy atom. The lowest BCUT2D eigenvalue weighted by Gasteiger charge is -2.29. The van der Waals surface area contributed by atoms with Crippen LogP contribution in [0.15, 0.2) is 18.2 Å². The molecular weight excluding hydrogens is 250 g/mol. The monoisotopic (exact) mass is 277 g/mol. The third kappa shape index (κ3) is 3.53. The molecule has 3 nitrogen and oxygen atoms in total. The van der Waals surface area contributed by atoms with E-state index >= 15 is 0 Å². The van der Waals surface area contributed by atoms with Gasteiger partial charge < -0.3 is 15.2 Å². The summed E-state index contributed by atoms with van der Waals surface area (Å²) in [5, 5.41) is 12.7. The molecule has 0 aromatic heterocycles. The van der Waals surface area contributed by atoms with E-state index in [1.165, 1.54) is 11.1 Å². The first kappa shape index (κ1) is 15.3. The van der Waals surface area contributed by atoms with Crippen molar-refractivity contribution in [2.24, 2.45) is 0 Å². The Morgan fingerprint density at radius 1 is 1.40 bits per heavy atom. The van der Waals surface area contributed by atoms with E-state index in [4.69, 9.17) is 9.84 Å². The fourth-order valence-corrected chi connectivity index (χ4v) is 2.73. The summed E-state index contributed by atoms with van der Waals surface area (Å²) in [6, 6.07) is 6.45. The molecule has 0 fully saturated rings. The number of ether oxygens (including phenoxy) is 1. The van der Waals surface area contributed by atoms with Crippen molar-refractivity contribution >= 4 is 0 Å². The highest BCUT2D eigenvalue weighted by atomic mass is 16.5. The van der Waals surface area contributed by atoms with Crippen LogP contribution in [0.2, 0.25) is 0 Å². The predicted molar refractivity (Wildman–Crippen MR) is 82.1 cm³/mol. The summed E-state index contributed by atoms with van der Waals surface area (Å²) >= 11 is 0. The lowest BCUT2D eigenvalue weighted by Crippen LogP contribution is -2.42. The van der Waals surface area contributed by atoms with Crippen molar-refractivity contribution in [3.05, 3.63) is 29.3 Å². The molecule has 2 N–H and O–H groups in total. The summed E-state index contributed by atoms with van der Waals surface area (Å²) in [5.74, 6) is 1.02. The molecule has 0 spiro atoms. The van der Waals surface area contributed by atoms with Crippen LogP contribution in [0.1, 0.15) is 51.7 Å². The first-order valence-electron chi connectivity index (χ1n) is 7.54. The Bertz CT molecular complexity index is 470. The molecule has 0 amide bonds. The molecule has 1 unspecified atom stereocenters. The molecule has 1 aromatic rings. The fourth-order valence-electron chi connectivity index (χ4n) is 2.73. The van der Waals surface area contributed by atoms with Crippen molar-refractivity contribution in [2.45, 2.75) is 64.6 Å². The summed E-state index contributed by atoms with van der Waals surface area (Å²) in [4.78, 5) is 0. The van der Waals surface area contributed by atoms with Gasteiger partial charge >= 0.3 is 0 Å². The van der Waals surface area contributed by atoms with Crippen LogP contribution in [-0.2, 0) is 13.0 Å². The Balaban J connectivity index is 2.02. The van der Waals surface area contributed by atoms with Crippen molar-refractivity contribution in [1.82, 2.24) is 5.32 Å². The van der Waals surface area contributed by atoms with E-state index in [-0.39, 0.29) is 17.7 Å². The van der Waals surface area contributed by atoms with Gasteiger partial charge in [0.05, 0.1) is 0 Å². The van der Waals surface area contributed by atoms with Crippen molar-refractivity contribution < 1.29 is 9.84 Å². The van der Waals surface area contributed by atoms with Gasteiger partial charge in [-0.05, 0) is 50.8 Å². The van der Waals surface area contributed by atoms with Crippen LogP contribution in [0.3, 0.4) is 0 Å². The maximum Gasteiger partial charge on any atom is 0.123 e. The number of nitrogens with one attached hydrogen (secondary N) is 1. The minimum atomic E-state index is -0.0802. The van der Waals surface area contributed by atoms with Crippen molar-refractivity contribution in [3.8, 4) is 5.75 Å². The lowest BCUT2D eigenvalue weighted by atomic mass is 9.94. The van der Waals surface area contributed by atoms with Gasteiger partial charge in [0, 0.05) is 25.1 Å². The van der Waals surface area contributed by atoms with Gasteiger partial charge in [0.1, 0.15) is 11.4 Å². The molecule has 0 aliphatic carbocycles. The first-order chi connectivity index (χ1) is 9.37. The second-order valence-electron chi connectivity index (χ2n) is 6.72. The Labute approximate surface area is 122 Å². The summed E-state index contributed by atoms with van der Waals surface area (Å²) in [7, 11) is 0. The van der Waals surface area contributed by atoms with Crippen LogP contribution >= 0.6 is 0 Å². The van der Waals surface area contributed by atoms with Crippen molar-refractivity contribution in [2.75, 3.05) is 6.61 Å². The van der Waals surface area contributed by atoms with Gasteiger partial charge in [-0.1, -0.05) is 19.1 Å². The van der Waals surface area contributed by atoms with Crippen LogP contribution in [-0.4, -0.2) is 22.9 Å². The van der Waals surface area contributed by atoms with Gasteiger partial charge in [-0.15, -0.1) is 0 Å². The molecule has 20 heavy (non-hydrogen) atoms. The maximum atomic E-state index is 9.16. The number of fused-ring (bicyclic) bond motifs is 1. The number of aliphatic hydroxyl groups excluding tert-OH is 1. The Morgan fingerprint density at radius 3 is 2.80 bits per heavy atom. The zero-order valence-corrected chi connectivity index (χ0v) is 13.1. The van der Waals surface area contributed by atoms with Crippen LogP contribution in [0.4, 0.5) is 0 Å². The van der Waals surface area contributed by atoms with Gasteiger partial charge in [-0.3, -0.25) is 0 Å². The fraction of sp³-hybridized carbons (Fsp3) is 0.647. The number of rotatable bonds is 6. The normalized spacial score (nSPS) is 19.2. The van der Waals surface area contributed by atoms with Crippen LogP contribution < -0.4 is 10.1 Å². The molecule has 0 saturated carbocycles. The largest absolute Gasteiger partial charge is 0.487 e. The summed E-state index contributed by atoms with van der Waals surface area (Å²) in [5.41, 5.74) is 2.50. The highest BCUT2D eigenvalue weighted by Crippen LogP contribution is 2.35. The van der Waals surface area contributed by atoms with Crippen molar-refractivity contribution in [3.63, 3.8) is 0 Å². The maximum absolute atomic E-state index is 9.16. The van der Waals surface area contributed by atoms with E-state index in [9.17, 15) is 0 Å². The van der Waals surface area contributed by atoms with Crippen LogP contribution in [0.5, 0.6) is 5.75 Å². The summed E-state index contributed by atoms with van der Waals surface area (Å²) in [6.07, 6.45) is 2.76. The molecule has 0 radical (unpaired) electrons. The molecule has 2 rings (SSSR count). The lowest BCUT2D eigenvalue weighted by molar-refractivity contribution is 0.138. The molecular formula is C17H27NO2. The number of benzene rings is 1. The number of hydrogen-bond acceptors (Lipinski definition) is 3. The minimum Gasteiger partial charge on any atom is -0.487 e. The second kappa shape index (κ2) is 5.74. The van der Waals surface area contributed by atoms with E-state index in [0.29, 0.717) is 0 Å². The number of hydrogen-bond donors (Lipinski definition) is 2. The highest BCUT2D eigenvalue weighted by Gasteiger charge is 2.30. The van der Waals surface area contributed by atoms with Gasteiger partial charge in [-0.25, -0.2) is 0 Å². The first-order valence-corrected chi connectivity index (χ1v) is 7.54. The van der Waals surface area contributed by atoms with Crippen LogP contribution in [0.25, 0.3) is 0 Å². The zero-order chi connectivity index (χ0) is 14.8. The topological polar surface area (TPSA) is 41.5 Å². The summed E-state index contributed by atoms with van der Waals surface area (Å²) in [6.45, 7) is 9.63. The molecule has 0 saturated heterocycles. The Hall–Kier alpha value is -1.06. The number of aliphatic hydroxyl groups is 1. The predicted octanol–water partition coefficient (Wildman–Crippen LogP) is 3.04. The quantitative estimate of drug-likeness (QED) is 0.840. The van der Waals surface area contributed by atoms with Gasteiger partial charge in [0.25, 0.3) is 0 Å². The van der Waals surface area contributed by atoms with Gasteiger partial charge in [0.2, 0.25) is 0 Å². The van der Waals surface area contributed by atoms with E-state index < -0.39 is 0 Å². The molecule has 3 heteroatoms. The second-order valence-corrected chi connectivity index (χ2v) is 6.72. The van der Waals surface area contributed by atoms with Gasteiger partial charge in [-0.2, -0.15) is 0 Å². The van der Waals surface area contributed by atoms with E-state index in [1.807, 2.05) is 0 Å². The molecule has 1 aliphatic rings. The third-order valence-corrected chi connectivity index (χ3v) is 4.29. The van der Waals surface area contributed by atoms with E-state index in [2.05, 4.69) is 51.2 Å². The molecule has 0 bridgehead atoms. The standard InChI is InChI=1S/C17H27NO2/c1-5-17(4,8-9-19)18-12-13-6-7-15-14(10-13)11-16(2,3)20-15/h6-7,10,18-19H,5,8-9,11-12H2,1-4H3. The molecule has 1 aromatic carbocycles. The molecule has 1 atom stereocenters. The SMILES string of the molecule is CCC(C)(CCO)NCc1ccc2c(c1)CC(C)(C)O2.